The summed E-state index contributed by atoms with van der Waals surface area (Å²) in [5.74, 6) is 0.104. The lowest BCUT2D eigenvalue weighted by Gasteiger charge is -2.32. The van der Waals surface area contributed by atoms with Crippen molar-refractivity contribution in [3.05, 3.63) is 21.3 Å². The molecule has 104 valence electrons. The SMILES string of the molecule is Nc1nc(Cl)c(Br)cc1C(=O)N1CCCC(CO)C1. The van der Waals surface area contributed by atoms with Crippen molar-refractivity contribution < 1.29 is 9.90 Å². The van der Waals surface area contributed by atoms with E-state index in [2.05, 4.69) is 20.9 Å². The van der Waals surface area contributed by atoms with Crippen molar-refractivity contribution in [2.24, 2.45) is 5.92 Å². The predicted molar refractivity (Wildman–Crippen MR) is 77.1 cm³/mol. The number of piperidine rings is 1. The van der Waals surface area contributed by atoms with Crippen LogP contribution in [0.25, 0.3) is 0 Å². The van der Waals surface area contributed by atoms with Gasteiger partial charge in [-0.1, -0.05) is 11.6 Å². The standard InChI is InChI=1S/C12H15BrClN3O2/c13-9-4-8(11(15)16-10(9)14)12(19)17-3-1-2-7(5-17)6-18/h4,7,18H,1-3,5-6H2,(H2,15,16). The molecule has 0 saturated carbocycles. The molecule has 1 aromatic rings. The first-order valence-corrected chi connectivity index (χ1v) is 7.21. The number of anilines is 1. The van der Waals surface area contributed by atoms with Crippen LogP contribution in [0, 0.1) is 5.92 Å². The smallest absolute Gasteiger partial charge is 0.257 e. The number of hydrogen-bond donors (Lipinski definition) is 2. The molecule has 2 heterocycles. The molecule has 1 unspecified atom stereocenters. The van der Waals surface area contributed by atoms with Crippen LogP contribution in [0.1, 0.15) is 23.2 Å². The Morgan fingerprint density at radius 1 is 1.68 bits per heavy atom. The fourth-order valence-corrected chi connectivity index (χ4v) is 2.68. The van der Waals surface area contributed by atoms with Crippen molar-refractivity contribution in [3.8, 4) is 0 Å². The number of aromatic nitrogens is 1. The van der Waals surface area contributed by atoms with Crippen LogP contribution in [0.15, 0.2) is 10.5 Å². The molecule has 5 nitrogen and oxygen atoms in total. The van der Waals surface area contributed by atoms with E-state index in [0.29, 0.717) is 23.1 Å². The van der Waals surface area contributed by atoms with Gasteiger partial charge in [-0.3, -0.25) is 4.79 Å². The Labute approximate surface area is 124 Å². The van der Waals surface area contributed by atoms with Crippen molar-refractivity contribution in [1.82, 2.24) is 9.88 Å². The van der Waals surface area contributed by atoms with E-state index in [1.54, 1.807) is 11.0 Å². The number of likely N-dealkylation sites (tertiary alicyclic amines) is 1. The first kappa shape index (κ1) is 14.6. The average molecular weight is 349 g/mol. The third-order valence-corrected chi connectivity index (χ3v) is 4.38. The maximum absolute atomic E-state index is 12.4. The summed E-state index contributed by atoms with van der Waals surface area (Å²) in [6.07, 6.45) is 1.83. The molecule has 0 aromatic carbocycles. The molecule has 0 radical (unpaired) electrons. The Balaban J connectivity index is 2.22. The van der Waals surface area contributed by atoms with E-state index in [0.717, 1.165) is 12.8 Å². The molecule has 1 aliphatic rings. The minimum atomic E-state index is -0.166. The van der Waals surface area contributed by atoms with Crippen LogP contribution in [-0.2, 0) is 0 Å². The Bertz CT molecular complexity index is 498. The van der Waals surface area contributed by atoms with Crippen LogP contribution in [0.2, 0.25) is 5.15 Å². The number of aliphatic hydroxyl groups excluding tert-OH is 1. The monoisotopic (exact) mass is 347 g/mol. The highest BCUT2D eigenvalue weighted by Crippen LogP contribution is 2.26. The molecule has 3 N–H and O–H groups in total. The molecule has 0 bridgehead atoms. The van der Waals surface area contributed by atoms with Gasteiger partial charge >= 0.3 is 0 Å². The van der Waals surface area contributed by atoms with Gasteiger partial charge in [-0.25, -0.2) is 4.98 Å². The number of pyridine rings is 1. The maximum Gasteiger partial charge on any atom is 0.257 e. The lowest BCUT2D eigenvalue weighted by molar-refractivity contribution is 0.0621. The third-order valence-electron chi connectivity index (χ3n) is 3.26. The maximum atomic E-state index is 12.4. The van der Waals surface area contributed by atoms with Gasteiger partial charge in [0.15, 0.2) is 0 Å². The molecule has 1 fully saturated rings. The highest BCUT2D eigenvalue weighted by Gasteiger charge is 2.26. The molecule has 1 saturated heterocycles. The molecule has 0 aliphatic carbocycles. The number of carbonyl (C=O) groups is 1. The van der Waals surface area contributed by atoms with E-state index in [-0.39, 0.29) is 29.4 Å². The Kier molecular flexibility index (Phi) is 4.65. The molecule has 19 heavy (non-hydrogen) atoms. The second-order valence-electron chi connectivity index (χ2n) is 4.64. The van der Waals surface area contributed by atoms with Gasteiger partial charge in [0.1, 0.15) is 11.0 Å². The molecule has 1 atom stereocenters. The average Bonchev–Trinajstić information content (AvgIpc) is 2.42. The van der Waals surface area contributed by atoms with Crippen LogP contribution in [0.5, 0.6) is 0 Å². The highest BCUT2D eigenvalue weighted by atomic mass is 79.9. The van der Waals surface area contributed by atoms with Crippen molar-refractivity contribution in [2.75, 3.05) is 25.4 Å². The van der Waals surface area contributed by atoms with E-state index in [1.165, 1.54) is 0 Å². The fraction of sp³-hybridized carbons (Fsp3) is 0.500. The van der Waals surface area contributed by atoms with E-state index in [9.17, 15) is 9.90 Å². The molecule has 7 heteroatoms. The third kappa shape index (κ3) is 3.19. The second-order valence-corrected chi connectivity index (χ2v) is 5.85. The summed E-state index contributed by atoms with van der Waals surface area (Å²) in [5.41, 5.74) is 6.09. The fourth-order valence-electron chi connectivity index (χ4n) is 2.22. The summed E-state index contributed by atoms with van der Waals surface area (Å²) in [5, 5.41) is 9.43. The van der Waals surface area contributed by atoms with Gasteiger partial charge in [0.25, 0.3) is 5.91 Å². The molecule has 2 rings (SSSR count). The number of hydrogen-bond acceptors (Lipinski definition) is 4. The zero-order valence-corrected chi connectivity index (χ0v) is 12.6. The molecular formula is C12H15BrClN3O2. The number of nitrogens with two attached hydrogens (primary N) is 1. The van der Waals surface area contributed by atoms with Gasteiger partial charge in [-0.2, -0.15) is 0 Å². The van der Waals surface area contributed by atoms with Gasteiger partial charge in [0.2, 0.25) is 0 Å². The van der Waals surface area contributed by atoms with E-state index >= 15 is 0 Å². The van der Waals surface area contributed by atoms with Crippen molar-refractivity contribution in [2.45, 2.75) is 12.8 Å². The lowest BCUT2D eigenvalue weighted by atomic mass is 9.98. The number of halogens is 2. The highest BCUT2D eigenvalue weighted by molar-refractivity contribution is 9.10. The number of nitrogen functional groups attached to an aromatic ring is 1. The first-order chi connectivity index (χ1) is 9.02. The minimum Gasteiger partial charge on any atom is -0.396 e. The molecule has 1 amide bonds. The largest absolute Gasteiger partial charge is 0.396 e. The number of rotatable bonds is 2. The topological polar surface area (TPSA) is 79.5 Å². The summed E-state index contributed by atoms with van der Waals surface area (Å²) in [6, 6.07) is 1.59. The number of amides is 1. The van der Waals surface area contributed by atoms with Crippen LogP contribution < -0.4 is 5.73 Å². The van der Waals surface area contributed by atoms with Gasteiger partial charge in [0.05, 0.1) is 10.0 Å². The van der Waals surface area contributed by atoms with Crippen molar-refractivity contribution in [3.63, 3.8) is 0 Å². The molecule has 0 spiro atoms. The van der Waals surface area contributed by atoms with Crippen LogP contribution in [0.4, 0.5) is 5.82 Å². The van der Waals surface area contributed by atoms with E-state index in [4.69, 9.17) is 17.3 Å². The summed E-state index contributed by atoms with van der Waals surface area (Å²) < 4.78 is 0.544. The summed E-state index contributed by atoms with van der Waals surface area (Å²) in [4.78, 5) is 18.0. The number of aliphatic hydroxyl groups is 1. The second kappa shape index (κ2) is 6.07. The molecular weight excluding hydrogens is 334 g/mol. The zero-order chi connectivity index (χ0) is 14.0. The quantitative estimate of drug-likeness (QED) is 0.800. The molecule has 1 aliphatic heterocycles. The Morgan fingerprint density at radius 2 is 2.42 bits per heavy atom. The van der Waals surface area contributed by atoms with Crippen molar-refractivity contribution >= 4 is 39.3 Å². The normalized spacial score (nSPS) is 19.5. The minimum absolute atomic E-state index is 0.0990. The predicted octanol–water partition coefficient (Wildman–Crippen LogP) is 1.92. The van der Waals surface area contributed by atoms with Crippen LogP contribution in [-0.4, -0.2) is 40.6 Å². The van der Waals surface area contributed by atoms with Gasteiger partial charge in [0, 0.05) is 19.7 Å². The van der Waals surface area contributed by atoms with Gasteiger partial charge in [-0.05, 0) is 40.8 Å². The van der Waals surface area contributed by atoms with Gasteiger partial charge in [-0.15, -0.1) is 0 Å². The number of nitrogens with zero attached hydrogens (tertiary/aromatic N) is 2. The summed E-state index contributed by atoms with van der Waals surface area (Å²) in [7, 11) is 0. The Morgan fingerprint density at radius 3 is 3.11 bits per heavy atom. The van der Waals surface area contributed by atoms with Crippen LogP contribution >= 0.6 is 27.5 Å². The van der Waals surface area contributed by atoms with Crippen LogP contribution in [0.3, 0.4) is 0 Å². The number of carbonyl (C=O) groups excluding carboxylic acids is 1. The summed E-state index contributed by atoms with van der Waals surface area (Å²) >= 11 is 9.06. The van der Waals surface area contributed by atoms with E-state index in [1.807, 2.05) is 0 Å². The van der Waals surface area contributed by atoms with Gasteiger partial charge < -0.3 is 15.7 Å². The molecule has 1 aromatic heterocycles. The lowest BCUT2D eigenvalue weighted by Crippen LogP contribution is -2.41. The van der Waals surface area contributed by atoms with E-state index < -0.39 is 0 Å². The summed E-state index contributed by atoms with van der Waals surface area (Å²) in [6.45, 7) is 1.33. The zero-order valence-electron chi connectivity index (χ0n) is 10.3. The Hall–Kier alpha value is -0.850. The van der Waals surface area contributed by atoms with Crippen molar-refractivity contribution in [1.29, 1.82) is 0 Å². The first-order valence-electron chi connectivity index (χ1n) is 6.04.